The van der Waals surface area contributed by atoms with Crippen molar-refractivity contribution in [1.29, 1.82) is 0 Å². The third kappa shape index (κ3) is 3.38. The zero-order chi connectivity index (χ0) is 14.0. The fourth-order valence-corrected chi connectivity index (χ4v) is 3.62. The van der Waals surface area contributed by atoms with E-state index in [-0.39, 0.29) is 29.1 Å². The first-order valence-corrected chi connectivity index (χ1v) is 7.66. The number of carbonyl (C=O) groups excluding carboxylic acids is 1. The van der Waals surface area contributed by atoms with Crippen LogP contribution in [-0.2, 0) is 10.0 Å². The first kappa shape index (κ1) is 17.1. The summed E-state index contributed by atoms with van der Waals surface area (Å²) in [5.41, 5.74) is 0.416. The van der Waals surface area contributed by atoms with Gasteiger partial charge in [-0.25, -0.2) is 8.42 Å². The molecule has 2 rings (SSSR count). The number of carbonyl (C=O) groups is 1. The topological polar surface area (TPSA) is 66.5 Å². The van der Waals surface area contributed by atoms with Crippen molar-refractivity contribution in [3.8, 4) is 0 Å². The maximum atomic E-state index is 12.5. The normalized spacial score (nSPS) is 18.9. The zero-order valence-electron chi connectivity index (χ0n) is 11.5. The first-order chi connectivity index (χ1) is 8.93. The van der Waals surface area contributed by atoms with E-state index < -0.39 is 10.0 Å². The van der Waals surface area contributed by atoms with Crippen LogP contribution >= 0.6 is 12.4 Å². The molecule has 0 amide bonds. The Morgan fingerprint density at radius 2 is 2.10 bits per heavy atom. The second-order valence-electron chi connectivity index (χ2n) is 4.75. The van der Waals surface area contributed by atoms with Crippen molar-refractivity contribution in [2.24, 2.45) is 0 Å². The molecule has 1 aromatic rings. The van der Waals surface area contributed by atoms with E-state index in [9.17, 15) is 13.2 Å². The smallest absolute Gasteiger partial charge is 0.243 e. The highest BCUT2D eigenvalue weighted by atomic mass is 35.5. The number of nitrogens with one attached hydrogen (secondary N) is 1. The van der Waals surface area contributed by atoms with E-state index in [1.54, 1.807) is 19.2 Å². The molecule has 112 valence electrons. The molecule has 1 N–H and O–H groups in total. The fourth-order valence-electron chi connectivity index (χ4n) is 2.19. The number of hydrogen-bond donors (Lipinski definition) is 1. The van der Waals surface area contributed by atoms with E-state index in [1.165, 1.54) is 23.4 Å². The first-order valence-electron chi connectivity index (χ1n) is 6.22. The van der Waals surface area contributed by atoms with Crippen LogP contribution in [0.4, 0.5) is 0 Å². The summed E-state index contributed by atoms with van der Waals surface area (Å²) in [5.74, 6) is -0.137. The summed E-state index contributed by atoms with van der Waals surface area (Å²) >= 11 is 0. The van der Waals surface area contributed by atoms with Crippen LogP contribution < -0.4 is 5.32 Å². The van der Waals surface area contributed by atoms with Crippen LogP contribution in [0.25, 0.3) is 0 Å². The van der Waals surface area contributed by atoms with Gasteiger partial charge in [-0.3, -0.25) is 4.79 Å². The number of rotatable bonds is 4. The number of likely N-dealkylation sites (N-methyl/N-ethyl adjacent to an activating group) is 1. The van der Waals surface area contributed by atoms with Gasteiger partial charge < -0.3 is 5.32 Å². The molecular weight excluding hydrogens is 300 g/mol. The number of benzene rings is 1. The standard InChI is InChI=1S/C13H18N2O3S.ClH/c1-10(16)11-4-3-5-13(8-11)19(17,18)15(2)12-6-7-14-9-12;/h3-5,8,12,14H,6-7,9H2,1-2H3;1H. The number of ketones is 1. The average Bonchev–Trinajstić information content (AvgIpc) is 2.91. The van der Waals surface area contributed by atoms with Gasteiger partial charge in [0.25, 0.3) is 0 Å². The van der Waals surface area contributed by atoms with E-state index in [0.29, 0.717) is 12.1 Å². The summed E-state index contributed by atoms with van der Waals surface area (Å²) in [5, 5.41) is 3.15. The van der Waals surface area contributed by atoms with Crippen LogP contribution in [-0.4, -0.2) is 44.7 Å². The Balaban J connectivity index is 0.00000200. The van der Waals surface area contributed by atoms with E-state index >= 15 is 0 Å². The van der Waals surface area contributed by atoms with Crippen molar-refractivity contribution in [3.63, 3.8) is 0 Å². The maximum Gasteiger partial charge on any atom is 0.243 e. The molecule has 1 aliphatic heterocycles. The molecule has 5 nitrogen and oxygen atoms in total. The molecule has 0 aliphatic carbocycles. The van der Waals surface area contributed by atoms with Crippen LogP contribution in [0.5, 0.6) is 0 Å². The Labute approximate surface area is 125 Å². The third-order valence-corrected chi connectivity index (χ3v) is 5.37. The molecule has 1 heterocycles. The summed E-state index contributed by atoms with van der Waals surface area (Å²) in [4.78, 5) is 11.5. The molecule has 0 saturated carbocycles. The number of sulfonamides is 1. The molecule has 1 aromatic carbocycles. The summed E-state index contributed by atoms with van der Waals surface area (Å²) < 4.78 is 26.4. The van der Waals surface area contributed by atoms with E-state index in [0.717, 1.165) is 13.0 Å². The van der Waals surface area contributed by atoms with Crippen molar-refractivity contribution in [2.45, 2.75) is 24.3 Å². The van der Waals surface area contributed by atoms with Crippen molar-refractivity contribution < 1.29 is 13.2 Å². The SMILES string of the molecule is CC(=O)c1cccc(S(=O)(=O)N(C)C2CCNC2)c1.Cl. The van der Waals surface area contributed by atoms with Crippen LogP contribution in [0.2, 0.25) is 0 Å². The minimum atomic E-state index is -3.54. The predicted octanol–water partition coefficient (Wildman–Crippen LogP) is 1.29. The second-order valence-corrected chi connectivity index (χ2v) is 6.75. The highest BCUT2D eigenvalue weighted by molar-refractivity contribution is 7.89. The fraction of sp³-hybridized carbons (Fsp3) is 0.462. The molecule has 1 saturated heterocycles. The van der Waals surface area contributed by atoms with Crippen LogP contribution in [0, 0.1) is 0 Å². The van der Waals surface area contributed by atoms with E-state index in [2.05, 4.69) is 5.32 Å². The quantitative estimate of drug-likeness (QED) is 0.850. The molecule has 0 radical (unpaired) electrons. The Kier molecular flexibility index (Phi) is 5.70. The monoisotopic (exact) mass is 318 g/mol. The van der Waals surface area contributed by atoms with Gasteiger partial charge in [-0.05, 0) is 32.0 Å². The predicted molar refractivity (Wildman–Crippen MR) is 79.9 cm³/mol. The van der Waals surface area contributed by atoms with Crippen LogP contribution in [0.1, 0.15) is 23.7 Å². The number of nitrogens with zero attached hydrogens (tertiary/aromatic N) is 1. The molecular formula is C13H19ClN2O3S. The van der Waals surface area contributed by atoms with Gasteiger partial charge in [0, 0.05) is 25.2 Å². The molecule has 0 bridgehead atoms. The zero-order valence-corrected chi connectivity index (χ0v) is 13.1. The summed E-state index contributed by atoms with van der Waals surface area (Å²) in [6.45, 7) is 2.93. The molecule has 0 aromatic heterocycles. The Hall–Kier alpha value is -0.950. The lowest BCUT2D eigenvalue weighted by molar-refractivity contribution is 0.101. The van der Waals surface area contributed by atoms with Gasteiger partial charge in [-0.15, -0.1) is 12.4 Å². The van der Waals surface area contributed by atoms with Gasteiger partial charge in [-0.2, -0.15) is 4.31 Å². The third-order valence-electron chi connectivity index (χ3n) is 3.47. The van der Waals surface area contributed by atoms with Gasteiger partial charge in [0.2, 0.25) is 10.0 Å². The lowest BCUT2D eigenvalue weighted by atomic mass is 10.2. The average molecular weight is 319 g/mol. The van der Waals surface area contributed by atoms with Gasteiger partial charge >= 0.3 is 0 Å². The highest BCUT2D eigenvalue weighted by Gasteiger charge is 2.30. The molecule has 1 fully saturated rings. The summed E-state index contributed by atoms with van der Waals surface area (Å²) in [7, 11) is -1.95. The van der Waals surface area contributed by atoms with Crippen LogP contribution in [0.3, 0.4) is 0 Å². The highest BCUT2D eigenvalue weighted by Crippen LogP contribution is 2.20. The Bertz CT molecular complexity index is 583. The Morgan fingerprint density at radius 3 is 2.65 bits per heavy atom. The van der Waals surface area contributed by atoms with Crippen molar-refractivity contribution in [3.05, 3.63) is 29.8 Å². The van der Waals surface area contributed by atoms with Gasteiger partial charge in [0.1, 0.15) is 0 Å². The molecule has 1 unspecified atom stereocenters. The molecule has 7 heteroatoms. The molecule has 0 spiro atoms. The van der Waals surface area contributed by atoms with Gasteiger partial charge in [0.05, 0.1) is 4.90 Å². The van der Waals surface area contributed by atoms with Crippen molar-refractivity contribution >= 4 is 28.2 Å². The number of hydrogen-bond acceptors (Lipinski definition) is 4. The Morgan fingerprint density at radius 1 is 1.40 bits per heavy atom. The van der Waals surface area contributed by atoms with Crippen LogP contribution in [0.15, 0.2) is 29.2 Å². The lowest BCUT2D eigenvalue weighted by Gasteiger charge is -2.23. The van der Waals surface area contributed by atoms with Crippen molar-refractivity contribution in [2.75, 3.05) is 20.1 Å². The minimum Gasteiger partial charge on any atom is -0.315 e. The summed E-state index contributed by atoms with van der Waals surface area (Å²) in [6.07, 6.45) is 0.808. The largest absolute Gasteiger partial charge is 0.315 e. The van der Waals surface area contributed by atoms with Gasteiger partial charge in [-0.1, -0.05) is 12.1 Å². The van der Waals surface area contributed by atoms with E-state index in [1.807, 2.05) is 0 Å². The molecule has 20 heavy (non-hydrogen) atoms. The lowest BCUT2D eigenvalue weighted by Crippen LogP contribution is -2.38. The van der Waals surface area contributed by atoms with Crippen molar-refractivity contribution in [1.82, 2.24) is 9.62 Å². The maximum absolute atomic E-state index is 12.5. The van der Waals surface area contributed by atoms with Gasteiger partial charge in [0.15, 0.2) is 5.78 Å². The minimum absolute atomic E-state index is 0. The summed E-state index contributed by atoms with van der Waals surface area (Å²) in [6, 6.07) is 6.17. The number of Topliss-reactive ketones (excluding diaryl/α,β-unsaturated/α-hetero) is 1. The molecule has 1 atom stereocenters. The van der Waals surface area contributed by atoms with E-state index in [4.69, 9.17) is 0 Å². The molecule has 1 aliphatic rings. The second kappa shape index (κ2) is 6.67. The number of halogens is 1.